The second kappa shape index (κ2) is 10.9. The number of rotatable bonds is 12. The molecule has 0 fully saturated rings. The molecule has 0 atom stereocenters. The Balaban J connectivity index is 4.47. The molecule has 0 unspecified atom stereocenters. The summed E-state index contributed by atoms with van der Waals surface area (Å²) in [6, 6.07) is 0. The summed E-state index contributed by atoms with van der Waals surface area (Å²) in [4.78, 5) is 11.5. The third kappa shape index (κ3) is 7.68. The predicted molar refractivity (Wildman–Crippen MR) is 85.6 cm³/mol. The summed E-state index contributed by atoms with van der Waals surface area (Å²) in [5, 5.41) is 0. The lowest BCUT2D eigenvalue weighted by Gasteiger charge is -2.38. The lowest BCUT2D eigenvalue weighted by Crippen LogP contribution is -2.52. The van der Waals surface area contributed by atoms with Crippen molar-refractivity contribution >= 4 is 5.97 Å². The first kappa shape index (κ1) is 19.2. The molecule has 0 rings (SSSR count). The molecule has 3 nitrogen and oxygen atoms in total. The Morgan fingerprint density at radius 1 is 0.950 bits per heavy atom. The van der Waals surface area contributed by atoms with Crippen molar-refractivity contribution in [1.82, 2.24) is 0 Å². The van der Waals surface area contributed by atoms with E-state index in [0.717, 1.165) is 11.0 Å². The highest BCUT2D eigenvalue weighted by atomic mass is 16.5. The van der Waals surface area contributed by atoms with Crippen LogP contribution in [-0.4, -0.2) is 43.2 Å². The van der Waals surface area contributed by atoms with Crippen molar-refractivity contribution in [2.75, 3.05) is 32.8 Å². The normalized spacial score (nSPS) is 11.4. The summed E-state index contributed by atoms with van der Waals surface area (Å²) in [5.74, 6) is -0.260. The fraction of sp³-hybridized carbons (Fsp3) is 0.824. The first-order chi connectivity index (χ1) is 9.51. The van der Waals surface area contributed by atoms with Crippen LogP contribution in [0.3, 0.4) is 0 Å². The minimum atomic E-state index is -0.260. The van der Waals surface area contributed by atoms with Crippen molar-refractivity contribution in [1.29, 1.82) is 0 Å². The van der Waals surface area contributed by atoms with Crippen LogP contribution >= 0.6 is 0 Å². The van der Waals surface area contributed by atoms with Crippen LogP contribution in [-0.2, 0) is 9.53 Å². The molecule has 0 aromatic rings. The number of unbranched alkanes of at least 4 members (excludes halogenated alkanes) is 2. The van der Waals surface area contributed by atoms with E-state index in [1.54, 1.807) is 6.92 Å². The van der Waals surface area contributed by atoms with Gasteiger partial charge in [-0.3, -0.25) is 0 Å². The van der Waals surface area contributed by atoms with Gasteiger partial charge in [0.15, 0.2) is 0 Å². The quantitative estimate of drug-likeness (QED) is 0.235. The molecule has 0 saturated carbocycles. The minimum absolute atomic E-state index is 0.260. The van der Waals surface area contributed by atoms with E-state index in [1.165, 1.54) is 51.7 Å². The van der Waals surface area contributed by atoms with Gasteiger partial charge in [-0.15, -0.1) is 0 Å². The Bertz CT molecular complexity index is 281. The van der Waals surface area contributed by atoms with E-state index in [2.05, 4.69) is 27.4 Å². The molecular weight excluding hydrogens is 250 g/mol. The molecule has 0 spiro atoms. The van der Waals surface area contributed by atoms with Gasteiger partial charge in [-0.05, 0) is 32.6 Å². The molecule has 0 aromatic carbocycles. The molecule has 3 heteroatoms. The maximum absolute atomic E-state index is 11.5. The Morgan fingerprint density at radius 3 is 2.00 bits per heavy atom. The zero-order chi connectivity index (χ0) is 15.4. The van der Waals surface area contributed by atoms with Gasteiger partial charge in [-0.25, -0.2) is 4.79 Å². The molecule has 0 radical (unpaired) electrons. The third-order valence-electron chi connectivity index (χ3n) is 3.78. The van der Waals surface area contributed by atoms with E-state index in [1.807, 2.05) is 0 Å². The molecular formula is C17H34NO2+. The zero-order valence-electron chi connectivity index (χ0n) is 14.0. The average molecular weight is 284 g/mol. The maximum atomic E-state index is 11.5. The molecule has 0 aromatic heterocycles. The van der Waals surface area contributed by atoms with Gasteiger partial charge in [-0.2, -0.15) is 0 Å². The van der Waals surface area contributed by atoms with Crippen molar-refractivity contribution in [3.8, 4) is 0 Å². The second-order valence-electron chi connectivity index (χ2n) is 5.86. The van der Waals surface area contributed by atoms with Gasteiger partial charge in [0.1, 0.15) is 13.2 Å². The number of nitrogens with zero attached hydrogens (tertiary/aromatic N) is 1. The Kier molecular flexibility index (Phi) is 10.4. The molecule has 20 heavy (non-hydrogen) atoms. The van der Waals surface area contributed by atoms with Gasteiger partial charge in [-0.1, -0.05) is 33.8 Å². The predicted octanol–water partition coefficient (Wildman–Crippen LogP) is 3.93. The van der Waals surface area contributed by atoms with Crippen molar-refractivity contribution in [3.05, 3.63) is 12.2 Å². The van der Waals surface area contributed by atoms with Gasteiger partial charge < -0.3 is 9.22 Å². The van der Waals surface area contributed by atoms with Gasteiger partial charge in [0.2, 0.25) is 0 Å². The highest BCUT2D eigenvalue weighted by Crippen LogP contribution is 2.13. The van der Waals surface area contributed by atoms with Crippen molar-refractivity contribution in [2.45, 2.75) is 59.8 Å². The van der Waals surface area contributed by atoms with Crippen molar-refractivity contribution in [2.24, 2.45) is 0 Å². The fourth-order valence-electron chi connectivity index (χ4n) is 2.77. The van der Waals surface area contributed by atoms with Gasteiger partial charge in [0.05, 0.1) is 19.6 Å². The fourth-order valence-corrected chi connectivity index (χ4v) is 2.77. The SMILES string of the molecule is C=C(C)C(=O)OCC[N+](CCC)(CCC)CCCCC. The van der Waals surface area contributed by atoms with Crippen LogP contribution < -0.4 is 0 Å². The highest BCUT2D eigenvalue weighted by molar-refractivity contribution is 5.86. The topological polar surface area (TPSA) is 26.3 Å². The van der Waals surface area contributed by atoms with Crippen LogP contribution in [0, 0.1) is 0 Å². The molecule has 118 valence electrons. The maximum Gasteiger partial charge on any atom is 0.333 e. The van der Waals surface area contributed by atoms with E-state index in [4.69, 9.17) is 4.74 Å². The molecule has 0 heterocycles. The monoisotopic (exact) mass is 284 g/mol. The van der Waals surface area contributed by atoms with E-state index in [-0.39, 0.29) is 5.97 Å². The average Bonchev–Trinajstić information content (AvgIpc) is 2.39. The van der Waals surface area contributed by atoms with Gasteiger partial charge >= 0.3 is 5.97 Å². The molecule has 0 aliphatic heterocycles. The summed E-state index contributed by atoms with van der Waals surface area (Å²) < 4.78 is 6.40. The summed E-state index contributed by atoms with van der Waals surface area (Å²) in [5.41, 5.74) is 0.486. The van der Waals surface area contributed by atoms with Crippen molar-refractivity contribution < 1.29 is 14.0 Å². The summed E-state index contributed by atoms with van der Waals surface area (Å²) >= 11 is 0. The summed E-state index contributed by atoms with van der Waals surface area (Å²) in [6.07, 6.45) is 6.17. The zero-order valence-corrected chi connectivity index (χ0v) is 14.0. The minimum Gasteiger partial charge on any atom is -0.456 e. The molecule has 0 amide bonds. The lowest BCUT2D eigenvalue weighted by molar-refractivity contribution is -0.928. The lowest BCUT2D eigenvalue weighted by atomic mass is 10.2. The Labute approximate surface area is 125 Å². The summed E-state index contributed by atoms with van der Waals surface area (Å²) in [6.45, 7) is 17.1. The number of ether oxygens (including phenoxy) is 1. The van der Waals surface area contributed by atoms with Crippen LogP contribution in [0.5, 0.6) is 0 Å². The molecule has 0 N–H and O–H groups in total. The number of carbonyl (C=O) groups is 1. The first-order valence-electron chi connectivity index (χ1n) is 8.19. The first-order valence-corrected chi connectivity index (χ1v) is 8.19. The molecule has 0 saturated heterocycles. The Hall–Kier alpha value is -0.830. The molecule has 0 aliphatic carbocycles. The van der Waals surface area contributed by atoms with Crippen LogP contribution in [0.25, 0.3) is 0 Å². The van der Waals surface area contributed by atoms with E-state index < -0.39 is 0 Å². The number of carbonyl (C=O) groups excluding carboxylic acids is 1. The summed E-state index contributed by atoms with van der Waals surface area (Å²) in [7, 11) is 0. The van der Waals surface area contributed by atoms with Gasteiger partial charge in [0.25, 0.3) is 0 Å². The van der Waals surface area contributed by atoms with E-state index >= 15 is 0 Å². The van der Waals surface area contributed by atoms with Crippen LogP contribution in [0.4, 0.5) is 0 Å². The third-order valence-corrected chi connectivity index (χ3v) is 3.78. The number of esters is 1. The smallest absolute Gasteiger partial charge is 0.333 e. The second-order valence-corrected chi connectivity index (χ2v) is 5.86. The van der Waals surface area contributed by atoms with Gasteiger partial charge in [0, 0.05) is 5.57 Å². The van der Waals surface area contributed by atoms with Crippen LogP contribution in [0.1, 0.15) is 59.8 Å². The molecule has 0 bridgehead atoms. The van der Waals surface area contributed by atoms with Crippen LogP contribution in [0.2, 0.25) is 0 Å². The number of hydrogen-bond acceptors (Lipinski definition) is 2. The number of quaternary nitrogens is 1. The van der Waals surface area contributed by atoms with Crippen LogP contribution in [0.15, 0.2) is 12.2 Å². The largest absolute Gasteiger partial charge is 0.456 e. The standard InChI is InChI=1S/C17H34NO2/c1-6-9-10-13-18(11-7-2,12-8-3)14-15-20-17(19)16(4)5/h4,6-15H2,1-3,5H3/q+1. The van der Waals surface area contributed by atoms with Crippen molar-refractivity contribution in [3.63, 3.8) is 0 Å². The number of hydrogen-bond donors (Lipinski definition) is 0. The van der Waals surface area contributed by atoms with E-state index in [9.17, 15) is 4.79 Å². The Morgan fingerprint density at radius 2 is 1.55 bits per heavy atom. The highest BCUT2D eigenvalue weighted by Gasteiger charge is 2.25. The van der Waals surface area contributed by atoms with E-state index in [0.29, 0.717) is 12.2 Å². The molecule has 0 aliphatic rings.